The van der Waals surface area contributed by atoms with Crippen LogP contribution in [0.3, 0.4) is 0 Å². The number of rotatable bonds is 50. The molecule has 0 radical (unpaired) electrons. The van der Waals surface area contributed by atoms with Gasteiger partial charge in [-0.1, -0.05) is 199 Å². The van der Waals surface area contributed by atoms with Gasteiger partial charge < -0.3 is 78.7 Å². The number of carboxylic acids is 1. The smallest absolute Gasteiger partial charge is 0.325 e. The molecule has 6 aromatic carbocycles. The van der Waals surface area contributed by atoms with Gasteiger partial charge in [-0.05, 0) is 148 Å². The molecule has 1 saturated heterocycles. The second kappa shape index (κ2) is 48.5. The van der Waals surface area contributed by atoms with Gasteiger partial charge in [0.05, 0.1) is 6.61 Å². The minimum Gasteiger partial charge on any atom is -0.508 e. The Bertz CT molecular complexity index is 4030. The van der Waals surface area contributed by atoms with Crippen molar-refractivity contribution < 1.29 is 68.1 Å². The molecule has 10 amide bonds. The molecule has 616 valence electrons. The number of amides is 10. The van der Waals surface area contributed by atoms with E-state index < -0.39 is 132 Å². The van der Waals surface area contributed by atoms with Gasteiger partial charge in [-0.25, -0.2) is 0 Å². The molecule has 0 aliphatic carbocycles. The molecular weight excluding hydrogens is 1450 g/mol. The van der Waals surface area contributed by atoms with Gasteiger partial charge in [0.25, 0.3) is 0 Å². The molecule has 0 aromatic heterocycles. The predicted octanol–water partition coefficient (Wildman–Crippen LogP) is 6.99. The predicted molar refractivity (Wildman–Crippen MR) is 439 cm³/mol. The Kier molecular flexibility index (Phi) is 38.5. The topological polar surface area (TPSA) is 384 Å². The van der Waals surface area contributed by atoms with Gasteiger partial charge in [-0.15, -0.1) is 0 Å². The van der Waals surface area contributed by atoms with Crippen LogP contribution in [0, 0.1) is 0 Å². The van der Waals surface area contributed by atoms with Crippen molar-refractivity contribution in [2.75, 3.05) is 26.2 Å². The summed E-state index contributed by atoms with van der Waals surface area (Å²) in [5.74, 6) is -8.89. The van der Waals surface area contributed by atoms with Crippen LogP contribution in [0.5, 0.6) is 5.75 Å². The molecule has 0 saturated carbocycles. The van der Waals surface area contributed by atoms with E-state index in [4.69, 9.17) is 0 Å². The number of unbranched alkanes of at least 4 members (excludes halogenated alkanes) is 2. The van der Waals surface area contributed by atoms with Gasteiger partial charge in [-0.3, -0.25) is 52.7 Å². The average Bonchev–Trinajstić information content (AvgIpc) is 1.63. The number of nitrogens with one attached hydrogen (secondary N) is 11. The number of likely N-dealkylation sites (tertiary alicyclic amines) is 1. The van der Waals surface area contributed by atoms with Crippen LogP contribution in [0.25, 0.3) is 10.8 Å². The number of fused-ring (bicyclic) bond motifs is 1. The first-order valence-corrected chi connectivity index (χ1v) is 40.7. The maximum absolute atomic E-state index is 15.4. The van der Waals surface area contributed by atoms with Crippen LogP contribution in [0.15, 0.2) is 158 Å². The lowest BCUT2D eigenvalue weighted by Gasteiger charge is -2.31. The Morgan fingerprint density at radius 3 is 1.19 bits per heavy atom. The Labute approximate surface area is 670 Å². The van der Waals surface area contributed by atoms with Crippen LogP contribution >= 0.6 is 0 Å². The monoisotopic (exact) mass is 1570 g/mol. The number of phenols is 1. The Morgan fingerprint density at radius 2 is 0.763 bits per heavy atom. The first-order valence-electron chi connectivity index (χ1n) is 40.7. The molecule has 1 heterocycles. The van der Waals surface area contributed by atoms with Gasteiger partial charge >= 0.3 is 5.97 Å². The van der Waals surface area contributed by atoms with E-state index in [1.54, 1.807) is 91.0 Å². The minimum absolute atomic E-state index is 0.0252. The van der Waals surface area contributed by atoms with E-state index in [0.29, 0.717) is 73.5 Å². The maximum Gasteiger partial charge on any atom is 0.325 e. The summed E-state index contributed by atoms with van der Waals surface area (Å²) < 4.78 is 0. The number of carboxylic acid groups (broad SMARTS) is 1. The fourth-order valence-electron chi connectivity index (χ4n) is 14.5. The summed E-state index contributed by atoms with van der Waals surface area (Å²) in [6.07, 6.45) is 10.3. The Hall–Kier alpha value is -10.6. The second-order valence-corrected chi connectivity index (χ2v) is 29.9. The fraction of sp³-hybridized carbons (Fsp3) is 0.489. The van der Waals surface area contributed by atoms with Crippen LogP contribution in [-0.2, 0) is 84.8 Å². The number of phenolic OH excluding ortho intramolecular Hbond substituents is 1. The van der Waals surface area contributed by atoms with Crippen LogP contribution in [-0.4, -0.2) is 184 Å². The van der Waals surface area contributed by atoms with Crippen molar-refractivity contribution in [2.45, 2.75) is 249 Å². The number of nitrogens with zero attached hydrogens (tertiary/aromatic N) is 1. The zero-order valence-corrected chi connectivity index (χ0v) is 66.9. The van der Waals surface area contributed by atoms with E-state index in [2.05, 4.69) is 86.2 Å². The zero-order chi connectivity index (χ0) is 82.3. The molecule has 1 aliphatic heterocycles. The van der Waals surface area contributed by atoms with Crippen molar-refractivity contribution in [1.82, 2.24) is 63.4 Å². The van der Waals surface area contributed by atoms with Crippen LogP contribution in [0.1, 0.15) is 172 Å². The van der Waals surface area contributed by atoms with E-state index in [1.165, 1.54) is 43.0 Å². The summed E-state index contributed by atoms with van der Waals surface area (Å²) in [5.41, 5.74) is 3.04. The lowest BCUT2D eigenvalue weighted by molar-refractivity contribution is -0.144. The molecular formula is C88H120N12O14. The van der Waals surface area contributed by atoms with Crippen LogP contribution in [0.4, 0.5) is 0 Å². The van der Waals surface area contributed by atoms with Crippen molar-refractivity contribution in [3.8, 4) is 5.75 Å². The number of hydrogen-bond donors (Lipinski definition) is 14. The normalized spacial score (nSPS) is 15.0. The van der Waals surface area contributed by atoms with Crippen molar-refractivity contribution in [3.05, 3.63) is 186 Å². The third-order valence-electron chi connectivity index (χ3n) is 20.6. The van der Waals surface area contributed by atoms with Crippen molar-refractivity contribution >= 4 is 75.8 Å². The Morgan fingerprint density at radius 1 is 0.404 bits per heavy atom. The van der Waals surface area contributed by atoms with E-state index >= 15 is 14.4 Å². The molecule has 1 aliphatic rings. The largest absolute Gasteiger partial charge is 0.508 e. The molecule has 10 atom stereocenters. The number of hydrogen-bond acceptors (Lipinski definition) is 15. The summed E-state index contributed by atoms with van der Waals surface area (Å²) in [4.78, 5) is 160. The first kappa shape index (κ1) is 90.6. The third kappa shape index (κ3) is 30.4. The average molecular weight is 1570 g/mol. The fourth-order valence-corrected chi connectivity index (χ4v) is 14.5. The van der Waals surface area contributed by atoms with Gasteiger partial charge in [0.15, 0.2) is 0 Å². The third-order valence-corrected chi connectivity index (χ3v) is 20.6. The Balaban J connectivity index is 1.16. The molecule has 26 heteroatoms. The number of aliphatic hydroxyl groups excluding tert-OH is 1. The summed E-state index contributed by atoms with van der Waals surface area (Å²) in [7, 11) is 0. The van der Waals surface area contributed by atoms with Crippen LogP contribution < -0.4 is 58.5 Å². The van der Waals surface area contributed by atoms with Crippen LogP contribution in [0.2, 0.25) is 0 Å². The van der Waals surface area contributed by atoms with E-state index in [-0.39, 0.29) is 69.7 Å². The molecule has 1 fully saturated rings. The number of carbonyl (C=O) groups excluding carboxylic acids is 10. The van der Waals surface area contributed by atoms with Gasteiger partial charge in [0.2, 0.25) is 59.1 Å². The number of benzene rings is 6. The zero-order valence-electron chi connectivity index (χ0n) is 66.9. The number of aliphatic hydroxyl groups is 1. The van der Waals surface area contributed by atoms with E-state index in [0.717, 1.165) is 67.7 Å². The molecule has 0 unspecified atom stereocenters. The molecule has 114 heavy (non-hydrogen) atoms. The summed E-state index contributed by atoms with van der Waals surface area (Å²) in [6.45, 7) is 11.5. The summed E-state index contributed by atoms with van der Waals surface area (Å²) in [6, 6.07) is 32.7. The van der Waals surface area contributed by atoms with Crippen molar-refractivity contribution in [1.29, 1.82) is 0 Å². The number of aromatic hydroxyl groups is 1. The van der Waals surface area contributed by atoms with E-state index in [9.17, 15) is 53.7 Å². The quantitative estimate of drug-likeness (QED) is 0.0171. The highest BCUT2D eigenvalue weighted by molar-refractivity contribution is 5.99. The van der Waals surface area contributed by atoms with E-state index in [1.807, 2.05) is 42.5 Å². The molecule has 7 rings (SSSR count). The molecule has 0 spiro atoms. The van der Waals surface area contributed by atoms with Crippen molar-refractivity contribution in [2.24, 2.45) is 0 Å². The summed E-state index contributed by atoms with van der Waals surface area (Å²) >= 11 is 0. The maximum atomic E-state index is 15.4. The lowest BCUT2D eigenvalue weighted by atomic mass is 9.99. The van der Waals surface area contributed by atoms with Crippen molar-refractivity contribution in [3.63, 3.8) is 0 Å². The molecule has 0 bridgehead atoms. The highest BCUT2D eigenvalue weighted by atomic mass is 16.4. The molecule has 26 nitrogen and oxygen atoms in total. The first-order chi connectivity index (χ1) is 55.0. The SMILES string of the molecule is CCCC(CCC)NCCCC[C@H](NC(=O)[C@H](Cc1ccccc1)NC(=O)[C@@H](CCCCNC(CCC)CCC)NC(=O)[C@H](Cc1ccc(O)cc1)NC(=O)[C@H](CO)NC(=O)[C@@H](Cc1ccccc1)NC(=O)[C@@H](Cc1ccccc1)NC(=O)[C@@H](Cc1ccc2ccccc2c1)NC(C)=O)C(=O)N1CCC[C@@H]1C(=O)N[C@H](C)C(=O)O. The summed E-state index contributed by atoms with van der Waals surface area (Å²) in [5, 5.41) is 65.2. The van der Waals surface area contributed by atoms with Gasteiger partial charge in [0, 0.05) is 57.7 Å². The highest BCUT2D eigenvalue weighted by Crippen LogP contribution is 2.23. The minimum atomic E-state index is -1.78. The van der Waals surface area contributed by atoms with Gasteiger partial charge in [-0.2, -0.15) is 0 Å². The van der Waals surface area contributed by atoms with Gasteiger partial charge in [0.1, 0.15) is 66.2 Å². The second-order valence-electron chi connectivity index (χ2n) is 29.9. The standard InChI is InChI=1S/C88H120N12O14/c1-7-27-67(28-8-2)89-48-24-22-39-70(79(104)95-73(52-60-31-14-11-15-32-60)82(107)94-71(40-23-25-49-90-68(29-9-3)30-10-4)87(112)100-50-26-41-78(100)86(111)91-58(5)88(113)114)93-81(106)76(55-63-43-46-69(103)47-44-63)98-85(110)77(57-101)99-84(109)75(54-62-35-18-13-19-36-62)97-83(108)74(53-61-33-16-12-17-34-61)96-80(105)72(92-59(6)102)56-64-42-45-65-37-20-21-38-66(65)51-64/h11-21,31-38,42-47,51,58,67-68,70-78,89-90,101,103H,7-10,22-30,39-41,48-50,52-57H2,1-6H3,(H,91,111)(H,92,102)(H,93,106)(H,94,107)(H,95,104)(H,96,105)(H,97,108)(H,98,110)(H,99,109)(H,113,114)/t58-,70-,71+,72-,73+,74-,75-,76+,77+,78-/m1/s1. The molecule has 14 N–H and O–H groups in total. The number of aliphatic carboxylic acids is 1. The molecule has 6 aromatic rings. The number of carbonyl (C=O) groups is 11. The highest BCUT2D eigenvalue weighted by Gasteiger charge is 2.41. The lowest BCUT2D eigenvalue weighted by Crippen LogP contribution is -2.61.